The quantitative estimate of drug-likeness (QED) is 0.682. The van der Waals surface area contributed by atoms with Crippen molar-refractivity contribution < 1.29 is 17.9 Å². The summed E-state index contributed by atoms with van der Waals surface area (Å²) in [5, 5.41) is 5.41. The molecule has 3 aromatic rings. The van der Waals surface area contributed by atoms with E-state index in [4.69, 9.17) is 11.6 Å². The summed E-state index contributed by atoms with van der Waals surface area (Å²) in [6, 6.07) is 7.36. The third kappa shape index (κ3) is 3.30. The van der Waals surface area contributed by atoms with Gasteiger partial charge in [0.25, 0.3) is 0 Å². The number of halogens is 4. The number of pyridine rings is 1. The summed E-state index contributed by atoms with van der Waals surface area (Å²) in [5.41, 5.74) is 1.49. The second kappa shape index (κ2) is 5.49. The maximum atomic E-state index is 12.1. The maximum absolute atomic E-state index is 12.1. The molecule has 0 fully saturated rings. The summed E-state index contributed by atoms with van der Waals surface area (Å²) in [4.78, 5) is 3.96. The lowest BCUT2D eigenvalue weighted by Gasteiger charge is -2.09. The predicted molar refractivity (Wildman–Crippen MR) is 74.8 cm³/mol. The van der Waals surface area contributed by atoms with Crippen LogP contribution in [0, 0.1) is 0 Å². The first kappa shape index (κ1) is 14.6. The molecule has 1 aromatic carbocycles. The third-order valence-corrected chi connectivity index (χ3v) is 3.24. The fourth-order valence-corrected chi connectivity index (χ4v) is 2.23. The van der Waals surface area contributed by atoms with Gasteiger partial charge in [0.1, 0.15) is 10.9 Å². The standard InChI is InChI=1S/C14H9ClF3N3O/c15-13-11-8-21(20-12(11)5-6-19-13)7-9-1-3-10(4-2-9)22-14(16,17)18/h1-6,8H,7H2. The van der Waals surface area contributed by atoms with Gasteiger partial charge in [0.2, 0.25) is 0 Å². The maximum Gasteiger partial charge on any atom is 0.573 e. The number of nitrogens with zero attached hydrogens (tertiary/aromatic N) is 3. The number of benzene rings is 1. The summed E-state index contributed by atoms with van der Waals surface area (Å²) in [5.74, 6) is -0.255. The van der Waals surface area contributed by atoms with E-state index >= 15 is 0 Å². The number of hydrogen-bond donors (Lipinski definition) is 0. The second-order valence-electron chi connectivity index (χ2n) is 4.55. The van der Waals surface area contributed by atoms with Crippen molar-refractivity contribution in [3.05, 3.63) is 53.4 Å². The molecule has 0 bridgehead atoms. The Balaban J connectivity index is 1.78. The van der Waals surface area contributed by atoms with Crippen LogP contribution in [-0.2, 0) is 6.54 Å². The van der Waals surface area contributed by atoms with Crippen molar-refractivity contribution in [3.63, 3.8) is 0 Å². The number of hydrogen-bond acceptors (Lipinski definition) is 3. The van der Waals surface area contributed by atoms with Gasteiger partial charge in [-0.25, -0.2) is 4.98 Å². The molecule has 0 spiro atoms. The fourth-order valence-electron chi connectivity index (χ4n) is 2.03. The van der Waals surface area contributed by atoms with Gasteiger partial charge >= 0.3 is 6.36 Å². The number of ether oxygens (including phenoxy) is 1. The molecule has 3 rings (SSSR count). The van der Waals surface area contributed by atoms with E-state index in [9.17, 15) is 13.2 Å². The van der Waals surface area contributed by atoms with Crippen LogP contribution in [0.2, 0.25) is 5.15 Å². The Bertz CT molecular complexity index is 799. The molecular weight excluding hydrogens is 319 g/mol. The highest BCUT2D eigenvalue weighted by molar-refractivity contribution is 6.34. The number of alkyl halides is 3. The minimum Gasteiger partial charge on any atom is -0.406 e. The molecule has 2 aromatic heterocycles. The molecule has 0 aliphatic heterocycles. The molecule has 0 radical (unpaired) electrons. The Labute approximate surface area is 128 Å². The van der Waals surface area contributed by atoms with Gasteiger partial charge in [-0.05, 0) is 23.8 Å². The van der Waals surface area contributed by atoms with E-state index in [1.165, 1.54) is 12.1 Å². The van der Waals surface area contributed by atoms with Gasteiger partial charge in [0, 0.05) is 12.4 Å². The van der Waals surface area contributed by atoms with Crippen LogP contribution in [0.15, 0.2) is 42.7 Å². The molecule has 0 aliphatic carbocycles. The molecule has 0 atom stereocenters. The van der Waals surface area contributed by atoms with Crippen LogP contribution in [0.5, 0.6) is 5.75 Å². The average molecular weight is 328 g/mol. The van der Waals surface area contributed by atoms with E-state index in [1.54, 1.807) is 35.3 Å². The minimum absolute atomic E-state index is 0.255. The van der Waals surface area contributed by atoms with Gasteiger partial charge < -0.3 is 4.74 Å². The van der Waals surface area contributed by atoms with Crippen LogP contribution < -0.4 is 4.74 Å². The van der Waals surface area contributed by atoms with E-state index in [2.05, 4.69) is 14.8 Å². The van der Waals surface area contributed by atoms with Crippen LogP contribution in [-0.4, -0.2) is 21.1 Å². The fraction of sp³-hybridized carbons (Fsp3) is 0.143. The van der Waals surface area contributed by atoms with E-state index in [-0.39, 0.29) is 5.75 Å². The van der Waals surface area contributed by atoms with Gasteiger partial charge in [-0.1, -0.05) is 23.7 Å². The topological polar surface area (TPSA) is 39.9 Å². The molecule has 0 saturated carbocycles. The summed E-state index contributed by atoms with van der Waals surface area (Å²) in [6.07, 6.45) is -1.39. The van der Waals surface area contributed by atoms with Gasteiger partial charge in [0.05, 0.1) is 17.4 Å². The zero-order valence-electron chi connectivity index (χ0n) is 11.0. The molecule has 0 N–H and O–H groups in total. The lowest BCUT2D eigenvalue weighted by molar-refractivity contribution is -0.274. The molecule has 0 aliphatic rings. The van der Waals surface area contributed by atoms with Crippen LogP contribution >= 0.6 is 11.6 Å². The van der Waals surface area contributed by atoms with Gasteiger partial charge in [-0.2, -0.15) is 5.10 Å². The lowest BCUT2D eigenvalue weighted by Crippen LogP contribution is -2.17. The number of fused-ring (bicyclic) bond motifs is 1. The van der Waals surface area contributed by atoms with Gasteiger partial charge in [-0.3, -0.25) is 4.68 Å². The Morgan fingerprint density at radius 1 is 1.14 bits per heavy atom. The predicted octanol–water partition coefficient (Wildman–Crippen LogP) is 4.03. The van der Waals surface area contributed by atoms with E-state index < -0.39 is 6.36 Å². The molecule has 8 heteroatoms. The lowest BCUT2D eigenvalue weighted by atomic mass is 10.2. The van der Waals surface area contributed by atoms with Crippen molar-refractivity contribution in [3.8, 4) is 5.75 Å². The first-order valence-electron chi connectivity index (χ1n) is 6.23. The monoisotopic (exact) mass is 327 g/mol. The highest BCUT2D eigenvalue weighted by atomic mass is 35.5. The van der Waals surface area contributed by atoms with E-state index in [1.807, 2.05) is 0 Å². The van der Waals surface area contributed by atoms with Crippen molar-refractivity contribution in [1.82, 2.24) is 14.8 Å². The first-order valence-corrected chi connectivity index (χ1v) is 6.61. The van der Waals surface area contributed by atoms with Crippen molar-refractivity contribution in [2.45, 2.75) is 12.9 Å². The smallest absolute Gasteiger partial charge is 0.406 e. The summed E-state index contributed by atoms with van der Waals surface area (Å²) in [7, 11) is 0. The molecule has 4 nitrogen and oxygen atoms in total. The number of aromatic nitrogens is 3. The zero-order valence-corrected chi connectivity index (χ0v) is 11.8. The third-order valence-electron chi connectivity index (χ3n) is 2.93. The van der Waals surface area contributed by atoms with Gasteiger partial charge in [0.15, 0.2) is 0 Å². The Hall–Kier alpha value is -2.28. The highest BCUT2D eigenvalue weighted by Gasteiger charge is 2.30. The SMILES string of the molecule is FC(F)(F)Oc1ccc(Cn2cc3c(Cl)nccc3n2)cc1. The zero-order chi connectivity index (χ0) is 15.7. The van der Waals surface area contributed by atoms with Crippen LogP contribution in [0.25, 0.3) is 10.9 Å². The van der Waals surface area contributed by atoms with Crippen LogP contribution in [0.4, 0.5) is 13.2 Å². The van der Waals surface area contributed by atoms with Gasteiger partial charge in [-0.15, -0.1) is 13.2 Å². The normalized spacial score (nSPS) is 11.8. The van der Waals surface area contributed by atoms with Crippen molar-refractivity contribution in [1.29, 1.82) is 0 Å². The first-order chi connectivity index (χ1) is 10.4. The Kier molecular flexibility index (Phi) is 3.66. The van der Waals surface area contributed by atoms with Crippen molar-refractivity contribution >= 4 is 22.5 Å². The summed E-state index contributed by atoms with van der Waals surface area (Å²) >= 11 is 5.97. The van der Waals surface area contributed by atoms with E-state index in [0.29, 0.717) is 17.2 Å². The minimum atomic E-state index is -4.69. The second-order valence-corrected chi connectivity index (χ2v) is 4.91. The molecule has 2 heterocycles. The molecule has 0 unspecified atom stereocenters. The largest absolute Gasteiger partial charge is 0.573 e. The molecule has 0 amide bonds. The molecule has 114 valence electrons. The Morgan fingerprint density at radius 3 is 2.50 bits per heavy atom. The highest BCUT2D eigenvalue weighted by Crippen LogP contribution is 2.23. The molecule has 22 heavy (non-hydrogen) atoms. The number of rotatable bonds is 3. The summed E-state index contributed by atoms with van der Waals surface area (Å²) < 4.78 is 41.7. The van der Waals surface area contributed by atoms with Crippen molar-refractivity contribution in [2.75, 3.05) is 0 Å². The summed E-state index contributed by atoms with van der Waals surface area (Å²) in [6.45, 7) is 0.400. The van der Waals surface area contributed by atoms with Crippen molar-refractivity contribution in [2.24, 2.45) is 0 Å². The van der Waals surface area contributed by atoms with Crippen LogP contribution in [0.3, 0.4) is 0 Å². The Morgan fingerprint density at radius 2 is 1.86 bits per heavy atom. The van der Waals surface area contributed by atoms with Crippen LogP contribution in [0.1, 0.15) is 5.56 Å². The van der Waals surface area contributed by atoms with E-state index in [0.717, 1.165) is 10.9 Å². The molecular formula is C14H9ClF3N3O. The average Bonchev–Trinajstić information content (AvgIpc) is 2.83. The molecule has 0 saturated heterocycles.